The van der Waals surface area contributed by atoms with Crippen molar-refractivity contribution in [1.82, 2.24) is 29.2 Å². The fraction of sp³-hybridized carbons (Fsp3) is 0.500. The largest absolute Gasteiger partial charge is 0.357 e. The van der Waals surface area contributed by atoms with Gasteiger partial charge in [-0.15, -0.1) is 11.3 Å². The minimum absolute atomic E-state index is 0.424. The molecule has 8 heteroatoms. The van der Waals surface area contributed by atoms with E-state index in [4.69, 9.17) is 4.99 Å². The Balaban J connectivity index is 1.50. The Morgan fingerprint density at radius 2 is 2.35 bits per heavy atom. The van der Waals surface area contributed by atoms with E-state index >= 15 is 0 Å². The molecule has 0 spiro atoms. The van der Waals surface area contributed by atoms with E-state index in [-0.39, 0.29) is 0 Å². The van der Waals surface area contributed by atoms with E-state index in [1.807, 2.05) is 24.1 Å². The van der Waals surface area contributed by atoms with Crippen LogP contribution in [0.1, 0.15) is 32.0 Å². The Hall–Kier alpha value is -2.35. The van der Waals surface area contributed by atoms with Gasteiger partial charge in [-0.2, -0.15) is 0 Å². The van der Waals surface area contributed by atoms with E-state index in [2.05, 4.69) is 55.4 Å². The Morgan fingerprint density at radius 1 is 1.42 bits per heavy atom. The van der Waals surface area contributed by atoms with Gasteiger partial charge >= 0.3 is 0 Å². The van der Waals surface area contributed by atoms with Crippen molar-refractivity contribution in [1.29, 1.82) is 0 Å². The van der Waals surface area contributed by atoms with Crippen molar-refractivity contribution in [3.05, 3.63) is 42.2 Å². The average Bonchev–Trinajstić information content (AvgIpc) is 3.36. The normalized spacial score (nSPS) is 21.5. The van der Waals surface area contributed by atoms with Crippen LogP contribution in [-0.2, 0) is 6.54 Å². The summed E-state index contributed by atoms with van der Waals surface area (Å²) in [5.41, 5.74) is 1.00. The van der Waals surface area contributed by atoms with Gasteiger partial charge in [-0.3, -0.25) is 4.40 Å². The van der Waals surface area contributed by atoms with Crippen molar-refractivity contribution in [2.75, 3.05) is 19.6 Å². The first kappa shape index (κ1) is 17.1. The minimum atomic E-state index is 0.424. The van der Waals surface area contributed by atoms with Crippen LogP contribution in [0.3, 0.4) is 0 Å². The summed E-state index contributed by atoms with van der Waals surface area (Å²) >= 11 is 1.65. The maximum absolute atomic E-state index is 4.86. The lowest BCUT2D eigenvalue weighted by Crippen LogP contribution is -2.49. The fourth-order valence-corrected chi connectivity index (χ4v) is 4.25. The number of likely N-dealkylation sites (tertiary alicyclic amines) is 1. The van der Waals surface area contributed by atoms with E-state index in [1.54, 1.807) is 11.3 Å². The predicted molar refractivity (Wildman–Crippen MR) is 105 cm³/mol. The quantitative estimate of drug-likeness (QED) is 0.566. The van der Waals surface area contributed by atoms with Crippen molar-refractivity contribution in [3.63, 3.8) is 0 Å². The molecule has 1 fully saturated rings. The first-order chi connectivity index (χ1) is 12.7. The molecule has 4 heterocycles. The van der Waals surface area contributed by atoms with Crippen molar-refractivity contribution < 1.29 is 0 Å². The lowest BCUT2D eigenvalue weighted by Gasteiger charge is -2.39. The van der Waals surface area contributed by atoms with Crippen molar-refractivity contribution in [3.8, 4) is 0 Å². The molecule has 1 saturated heterocycles. The molecule has 4 rings (SSSR count). The van der Waals surface area contributed by atoms with Crippen LogP contribution in [0.15, 0.2) is 41.5 Å². The van der Waals surface area contributed by atoms with Crippen molar-refractivity contribution >= 4 is 22.3 Å². The predicted octanol–water partition coefficient (Wildman–Crippen LogP) is 2.64. The molecule has 3 aromatic rings. The molecule has 0 amide bonds. The number of aromatic nitrogens is 4. The van der Waals surface area contributed by atoms with Crippen LogP contribution in [0, 0.1) is 5.92 Å². The number of guanidine groups is 1. The van der Waals surface area contributed by atoms with Crippen LogP contribution in [0.25, 0.3) is 4.96 Å². The lowest BCUT2D eigenvalue weighted by atomic mass is 9.93. The summed E-state index contributed by atoms with van der Waals surface area (Å²) in [6, 6.07) is 0.424. The third-order valence-electron chi connectivity index (χ3n) is 4.99. The van der Waals surface area contributed by atoms with Crippen LogP contribution in [0.5, 0.6) is 0 Å². The molecular formula is C18H25N7S. The molecule has 0 radical (unpaired) electrons. The average molecular weight is 372 g/mol. The molecule has 3 aromatic heterocycles. The van der Waals surface area contributed by atoms with E-state index in [9.17, 15) is 0 Å². The number of imidazole rings is 2. The van der Waals surface area contributed by atoms with E-state index in [0.29, 0.717) is 18.5 Å². The van der Waals surface area contributed by atoms with Crippen LogP contribution in [-0.4, -0.2) is 49.4 Å². The number of piperidine rings is 1. The Bertz CT molecular complexity index is 835. The second kappa shape index (κ2) is 7.49. The Kier molecular flexibility index (Phi) is 4.92. The van der Waals surface area contributed by atoms with Gasteiger partial charge in [0.2, 0.25) is 0 Å². The molecule has 1 N–H and O–H groups in total. The van der Waals surface area contributed by atoms with E-state index < -0.39 is 0 Å². The van der Waals surface area contributed by atoms with Gasteiger partial charge in [-0.25, -0.2) is 15.0 Å². The smallest absolute Gasteiger partial charge is 0.194 e. The second-order valence-corrected chi connectivity index (χ2v) is 7.66. The van der Waals surface area contributed by atoms with Gasteiger partial charge < -0.3 is 14.8 Å². The highest BCUT2D eigenvalue weighted by Crippen LogP contribution is 2.27. The molecule has 1 aliphatic heterocycles. The third-order valence-corrected chi connectivity index (χ3v) is 5.77. The Labute approximate surface area is 157 Å². The maximum atomic E-state index is 4.86. The molecule has 26 heavy (non-hydrogen) atoms. The zero-order chi connectivity index (χ0) is 17.9. The van der Waals surface area contributed by atoms with E-state index in [0.717, 1.165) is 42.7 Å². The summed E-state index contributed by atoms with van der Waals surface area (Å²) in [7, 11) is 0. The highest BCUT2D eigenvalue weighted by molar-refractivity contribution is 7.15. The van der Waals surface area contributed by atoms with Gasteiger partial charge in [0, 0.05) is 49.8 Å². The monoisotopic (exact) mass is 371 g/mol. The number of hydrogen-bond acceptors (Lipinski definition) is 4. The molecule has 7 nitrogen and oxygen atoms in total. The standard InChI is InChI=1S/C18H25N7S/c1-3-20-17(21-10-15-11-24-8-9-26-18(24)22-15)23-6-4-14(2)16(12-23)25-7-5-19-13-25/h5,7-9,11,13-14,16H,3-4,6,10,12H2,1-2H3,(H,20,21). The van der Waals surface area contributed by atoms with Gasteiger partial charge in [-0.05, 0) is 19.3 Å². The molecule has 0 bridgehead atoms. The second-order valence-electron chi connectivity index (χ2n) is 6.78. The molecule has 0 aliphatic carbocycles. The highest BCUT2D eigenvalue weighted by atomic mass is 32.1. The van der Waals surface area contributed by atoms with Gasteiger partial charge in [0.1, 0.15) is 0 Å². The molecular weight excluding hydrogens is 346 g/mol. The molecule has 0 aromatic carbocycles. The van der Waals surface area contributed by atoms with Gasteiger partial charge in [0.25, 0.3) is 0 Å². The molecule has 2 unspecified atom stereocenters. The number of aliphatic imine (C=N–C) groups is 1. The molecule has 138 valence electrons. The first-order valence-electron chi connectivity index (χ1n) is 9.16. The summed E-state index contributed by atoms with van der Waals surface area (Å²) in [5.74, 6) is 1.60. The first-order valence-corrected chi connectivity index (χ1v) is 10.0. The van der Waals surface area contributed by atoms with Crippen LogP contribution in [0.2, 0.25) is 0 Å². The van der Waals surface area contributed by atoms with Crippen LogP contribution >= 0.6 is 11.3 Å². The zero-order valence-corrected chi connectivity index (χ0v) is 16.1. The molecule has 2 atom stereocenters. The Morgan fingerprint density at radius 3 is 3.12 bits per heavy atom. The zero-order valence-electron chi connectivity index (χ0n) is 15.2. The van der Waals surface area contributed by atoms with E-state index in [1.165, 1.54) is 0 Å². The maximum Gasteiger partial charge on any atom is 0.194 e. The number of thiazole rings is 1. The topological polar surface area (TPSA) is 62.8 Å². The summed E-state index contributed by atoms with van der Waals surface area (Å²) in [6.07, 6.45) is 11.1. The summed E-state index contributed by atoms with van der Waals surface area (Å²) in [6.45, 7) is 7.86. The number of hydrogen-bond donors (Lipinski definition) is 1. The fourth-order valence-electron chi connectivity index (χ4n) is 3.53. The van der Waals surface area contributed by atoms with Gasteiger partial charge in [-0.1, -0.05) is 6.92 Å². The van der Waals surface area contributed by atoms with Crippen LogP contribution < -0.4 is 5.32 Å². The number of fused-ring (bicyclic) bond motifs is 1. The summed E-state index contributed by atoms with van der Waals surface area (Å²) < 4.78 is 4.28. The van der Waals surface area contributed by atoms with Crippen LogP contribution in [0.4, 0.5) is 0 Å². The SMILES string of the molecule is CCNC(=NCc1cn2ccsc2n1)N1CCC(C)C(n2ccnc2)C1. The third kappa shape index (κ3) is 3.46. The number of rotatable bonds is 4. The van der Waals surface area contributed by atoms with Crippen molar-refractivity contribution in [2.24, 2.45) is 10.9 Å². The number of nitrogens with zero attached hydrogens (tertiary/aromatic N) is 6. The summed E-state index contributed by atoms with van der Waals surface area (Å²) in [5, 5.41) is 5.50. The van der Waals surface area contributed by atoms with Gasteiger partial charge in [0.05, 0.1) is 24.6 Å². The van der Waals surface area contributed by atoms with Crippen molar-refractivity contribution in [2.45, 2.75) is 32.9 Å². The summed E-state index contributed by atoms with van der Waals surface area (Å²) in [4.78, 5) is 17.1. The van der Waals surface area contributed by atoms with Gasteiger partial charge in [0.15, 0.2) is 10.9 Å². The highest BCUT2D eigenvalue weighted by Gasteiger charge is 2.28. The molecule has 1 aliphatic rings. The number of nitrogens with one attached hydrogen (secondary N) is 1. The minimum Gasteiger partial charge on any atom is -0.357 e. The molecule has 0 saturated carbocycles. The lowest BCUT2D eigenvalue weighted by molar-refractivity contribution is 0.189.